The standard InChI is InChI=1S/C23H23ClN2O5S/c1-4-31-20-12-10-16(13-21(20)30-3)23(27)25-17-11-9-15(2)22(14-17)32(28,29)26-19-8-6-5-7-18(19)24/h5-14,26H,4H2,1-3H3,(H,25,27). The first-order chi connectivity index (χ1) is 15.2. The molecule has 3 aromatic carbocycles. The van der Waals surface area contributed by atoms with Gasteiger partial charge in [0.2, 0.25) is 0 Å². The molecule has 0 heterocycles. The lowest BCUT2D eigenvalue weighted by atomic mass is 10.1. The van der Waals surface area contributed by atoms with E-state index in [-0.39, 0.29) is 15.6 Å². The number of sulfonamides is 1. The van der Waals surface area contributed by atoms with E-state index in [9.17, 15) is 13.2 Å². The third kappa shape index (κ3) is 5.33. The molecule has 1 amide bonds. The number of benzene rings is 3. The summed E-state index contributed by atoms with van der Waals surface area (Å²) in [7, 11) is -2.45. The first-order valence-electron chi connectivity index (χ1n) is 9.75. The molecule has 0 saturated heterocycles. The van der Waals surface area contributed by atoms with Crippen molar-refractivity contribution < 1.29 is 22.7 Å². The normalized spacial score (nSPS) is 11.0. The van der Waals surface area contributed by atoms with E-state index in [0.29, 0.717) is 34.9 Å². The second-order valence-corrected chi connectivity index (χ2v) is 8.88. The molecule has 3 rings (SSSR count). The Balaban J connectivity index is 1.86. The predicted octanol–water partition coefficient (Wildman–Crippen LogP) is 5.11. The van der Waals surface area contributed by atoms with Crippen molar-refractivity contribution in [1.82, 2.24) is 0 Å². The van der Waals surface area contributed by atoms with Crippen LogP contribution in [-0.2, 0) is 10.0 Å². The molecule has 0 aliphatic carbocycles. The molecule has 0 bridgehead atoms. The van der Waals surface area contributed by atoms with Crippen LogP contribution in [0.4, 0.5) is 11.4 Å². The average molecular weight is 475 g/mol. The number of carbonyl (C=O) groups excluding carboxylic acids is 1. The first-order valence-corrected chi connectivity index (χ1v) is 11.6. The van der Waals surface area contributed by atoms with E-state index in [1.807, 2.05) is 6.92 Å². The lowest BCUT2D eigenvalue weighted by molar-refractivity contribution is 0.102. The minimum Gasteiger partial charge on any atom is -0.493 e. The summed E-state index contributed by atoms with van der Waals surface area (Å²) in [6.45, 7) is 3.98. The quantitative estimate of drug-likeness (QED) is 0.473. The molecule has 0 aliphatic heterocycles. The van der Waals surface area contributed by atoms with Crippen LogP contribution in [0, 0.1) is 6.92 Å². The molecular formula is C23H23ClN2O5S. The molecule has 0 spiro atoms. The number of carbonyl (C=O) groups is 1. The summed E-state index contributed by atoms with van der Waals surface area (Å²) < 4.78 is 39.1. The highest BCUT2D eigenvalue weighted by Gasteiger charge is 2.20. The van der Waals surface area contributed by atoms with Crippen molar-refractivity contribution in [1.29, 1.82) is 0 Å². The van der Waals surface area contributed by atoms with Gasteiger partial charge < -0.3 is 14.8 Å². The fraction of sp³-hybridized carbons (Fsp3) is 0.174. The molecule has 0 radical (unpaired) electrons. The number of hydrogen-bond donors (Lipinski definition) is 2. The molecule has 3 aromatic rings. The Morgan fingerprint density at radius 2 is 1.78 bits per heavy atom. The number of amides is 1. The second-order valence-electron chi connectivity index (χ2n) is 6.82. The molecular weight excluding hydrogens is 452 g/mol. The lowest BCUT2D eigenvalue weighted by Crippen LogP contribution is -2.16. The van der Waals surface area contributed by atoms with Crippen LogP contribution in [0.25, 0.3) is 0 Å². The third-order valence-corrected chi connectivity index (χ3v) is 6.42. The number of nitrogens with one attached hydrogen (secondary N) is 2. The van der Waals surface area contributed by atoms with Crippen LogP contribution in [0.3, 0.4) is 0 Å². The van der Waals surface area contributed by atoms with Crippen molar-refractivity contribution in [2.24, 2.45) is 0 Å². The Morgan fingerprint density at radius 3 is 2.47 bits per heavy atom. The Bertz CT molecular complexity index is 1240. The highest BCUT2D eigenvalue weighted by atomic mass is 35.5. The molecule has 2 N–H and O–H groups in total. The van der Waals surface area contributed by atoms with Crippen LogP contribution in [0.5, 0.6) is 11.5 Å². The maximum Gasteiger partial charge on any atom is 0.262 e. The van der Waals surface area contributed by atoms with Crippen molar-refractivity contribution in [3.8, 4) is 11.5 Å². The summed E-state index contributed by atoms with van der Waals surface area (Å²) in [6.07, 6.45) is 0. The van der Waals surface area contributed by atoms with Crippen molar-refractivity contribution in [3.63, 3.8) is 0 Å². The molecule has 7 nitrogen and oxygen atoms in total. The number of methoxy groups -OCH3 is 1. The van der Waals surface area contributed by atoms with Gasteiger partial charge in [0.1, 0.15) is 0 Å². The van der Waals surface area contributed by atoms with Gasteiger partial charge in [-0.25, -0.2) is 8.42 Å². The molecule has 0 aliphatic rings. The van der Waals surface area contributed by atoms with Crippen molar-refractivity contribution in [2.45, 2.75) is 18.7 Å². The van der Waals surface area contributed by atoms with Crippen LogP contribution in [0.1, 0.15) is 22.8 Å². The number of hydrogen-bond acceptors (Lipinski definition) is 5. The number of halogens is 1. The third-order valence-electron chi connectivity index (χ3n) is 4.58. The highest BCUT2D eigenvalue weighted by molar-refractivity contribution is 7.92. The summed E-state index contributed by atoms with van der Waals surface area (Å²) in [5.74, 6) is 0.536. The van der Waals surface area contributed by atoms with Gasteiger partial charge in [-0.1, -0.05) is 29.8 Å². The van der Waals surface area contributed by atoms with Gasteiger partial charge >= 0.3 is 0 Å². The van der Waals surface area contributed by atoms with E-state index in [0.717, 1.165) is 0 Å². The molecule has 0 fully saturated rings. The number of anilines is 2. The van der Waals surface area contributed by atoms with Gasteiger partial charge in [-0.05, 0) is 61.9 Å². The van der Waals surface area contributed by atoms with E-state index < -0.39 is 15.9 Å². The zero-order valence-electron chi connectivity index (χ0n) is 17.8. The Hall–Kier alpha value is -3.23. The minimum absolute atomic E-state index is 0.0273. The van der Waals surface area contributed by atoms with Crippen molar-refractivity contribution >= 4 is 38.9 Å². The van der Waals surface area contributed by atoms with Gasteiger partial charge in [-0.2, -0.15) is 0 Å². The maximum absolute atomic E-state index is 13.0. The number of ether oxygens (including phenoxy) is 2. The van der Waals surface area contributed by atoms with E-state index in [1.54, 1.807) is 61.5 Å². The van der Waals surface area contributed by atoms with Gasteiger partial charge in [0.15, 0.2) is 11.5 Å². The average Bonchev–Trinajstić information content (AvgIpc) is 2.77. The summed E-state index contributed by atoms with van der Waals surface area (Å²) in [4.78, 5) is 12.8. The summed E-state index contributed by atoms with van der Waals surface area (Å²) in [6, 6.07) is 16.0. The van der Waals surface area contributed by atoms with Crippen LogP contribution in [0.2, 0.25) is 5.02 Å². The van der Waals surface area contributed by atoms with Gasteiger partial charge in [0, 0.05) is 11.3 Å². The Morgan fingerprint density at radius 1 is 1.03 bits per heavy atom. The Kier molecular flexibility index (Phi) is 7.27. The summed E-state index contributed by atoms with van der Waals surface area (Å²) in [5, 5.41) is 3.00. The fourth-order valence-electron chi connectivity index (χ4n) is 3.00. The van der Waals surface area contributed by atoms with Crippen LogP contribution in [0.15, 0.2) is 65.6 Å². The smallest absolute Gasteiger partial charge is 0.262 e. The molecule has 0 saturated carbocycles. The molecule has 0 aromatic heterocycles. The van der Waals surface area contributed by atoms with Crippen molar-refractivity contribution in [2.75, 3.05) is 23.8 Å². The number of aryl methyl sites for hydroxylation is 1. The maximum atomic E-state index is 13.0. The Labute approximate surface area is 192 Å². The number of para-hydroxylation sites is 1. The summed E-state index contributed by atoms with van der Waals surface area (Å²) in [5.41, 5.74) is 1.45. The van der Waals surface area contributed by atoms with Gasteiger partial charge in [0.05, 0.1) is 29.3 Å². The molecule has 168 valence electrons. The zero-order valence-corrected chi connectivity index (χ0v) is 19.4. The van der Waals surface area contributed by atoms with E-state index in [4.69, 9.17) is 21.1 Å². The van der Waals surface area contributed by atoms with Crippen LogP contribution in [-0.4, -0.2) is 28.0 Å². The highest BCUT2D eigenvalue weighted by Crippen LogP contribution is 2.29. The zero-order chi connectivity index (χ0) is 23.3. The van der Waals surface area contributed by atoms with E-state index >= 15 is 0 Å². The molecule has 32 heavy (non-hydrogen) atoms. The topological polar surface area (TPSA) is 93.7 Å². The first kappa shape index (κ1) is 23.4. The van der Waals surface area contributed by atoms with Gasteiger partial charge in [0.25, 0.3) is 15.9 Å². The fourth-order valence-corrected chi connectivity index (χ4v) is 4.59. The molecule has 9 heteroatoms. The monoisotopic (exact) mass is 474 g/mol. The summed E-state index contributed by atoms with van der Waals surface area (Å²) >= 11 is 6.08. The SMILES string of the molecule is CCOc1ccc(C(=O)Nc2ccc(C)c(S(=O)(=O)Nc3ccccc3Cl)c2)cc1OC. The number of rotatable bonds is 8. The predicted molar refractivity (Wildman–Crippen MR) is 126 cm³/mol. The van der Waals surface area contributed by atoms with E-state index in [2.05, 4.69) is 10.0 Å². The van der Waals surface area contributed by atoms with Crippen LogP contribution < -0.4 is 19.5 Å². The lowest BCUT2D eigenvalue weighted by Gasteiger charge is -2.14. The van der Waals surface area contributed by atoms with Gasteiger partial charge in [-0.15, -0.1) is 0 Å². The molecule has 0 unspecified atom stereocenters. The largest absolute Gasteiger partial charge is 0.493 e. The van der Waals surface area contributed by atoms with E-state index in [1.165, 1.54) is 13.2 Å². The molecule has 0 atom stereocenters. The minimum atomic E-state index is -3.93. The van der Waals surface area contributed by atoms with Crippen molar-refractivity contribution in [3.05, 3.63) is 76.8 Å². The second kappa shape index (κ2) is 9.93. The van der Waals surface area contributed by atoms with Gasteiger partial charge in [-0.3, -0.25) is 9.52 Å². The van der Waals surface area contributed by atoms with Crippen LogP contribution >= 0.6 is 11.6 Å².